The van der Waals surface area contributed by atoms with E-state index in [2.05, 4.69) is 17.0 Å². The van der Waals surface area contributed by atoms with Crippen molar-refractivity contribution in [3.8, 4) is 0 Å². The van der Waals surface area contributed by atoms with Crippen molar-refractivity contribution in [2.45, 2.75) is 44.9 Å². The summed E-state index contributed by atoms with van der Waals surface area (Å²) >= 11 is 0. The number of carbonyl (C=O) groups excluding carboxylic acids is 1. The minimum absolute atomic E-state index is 0.164. The number of hydrogen-bond acceptors (Lipinski definition) is 3. The van der Waals surface area contributed by atoms with Crippen LogP contribution in [0.4, 0.5) is 5.69 Å². The van der Waals surface area contributed by atoms with Crippen LogP contribution >= 0.6 is 0 Å². The molecule has 0 atom stereocenters. The van der Waals surface area contributed by atoms with Crippen LogP contribution in [0.3, 0.4) is 0 Å². The second-order valence-electron chi connectivity index (χ2n) is 6.40. The van der Waals surface area contributed by atoms with Crippen molar-refractivity contribution in [1.29, 1.82) is 0 Å². The van der Waals surface area contributed by atoms with Crippen LogP contribution in [-0.2, 0) is 10.0 Å². The Morgan fingerprint density at radius 3 is 2.31 bits per heavy atom. The molecule has 0 aromatic heterocycles. The Kier molecular flexibility index (Phi) is 6.94. The van der Waals surface area contributed by atoms with Crippen molar-refractivity contribution in [3.05, 3.63) is 59.2 Å². The van der Waals surface area contributed by atoms with Gasteiger partial charge in [0.1, 0.15) is 0 Å². The zero-order valence-electron chi connectivity index (χ0n) is 15.5. The van der Waals surface area contributed by atoms with Crippen LogP contribution in [0.15, 0.2) is 47.4 Å². The van der Waals surface area contributed by atoms with Crippen molar-refractivity contribution in [2.75, 3.05) is 11.9 Å². The molecule has 0 unspecified atom stereocenters. The molecule has 0 saturated heterocycles. The summed E-state index contributed by atoms with van der Waals surface area (Å²) in [6, 6.07) is 11.8. The minimum atomic E-state index is -3.54. The number of amides is 1. The number of aryl methyl sites for hydroxylation is 2. The molecule has 0 heterocycles. The highest BCUT2D eigenvalue weighted by Gasteiger charge is 2.14. The Morgan fingerprint density at radius 1 is 1.00 bits per heavy atom. The number of sulfonamides is 1. The summed E-state index contributed by atoms with van der Waals surface area (Å²) in [4.78, 5) is 12.5. The number of hydrogen-bond donors (Lipinski definition) is 2. The van der Waals surface area contributed by atoms with Crippen LogP contribution in [-0.4, -0.2) is 20.9 Å². The zero-order valence-corrected chi connectivity index (χ0v) is 16.3. The highest BCUT2D eigenvalue weighted by molar-refractivity contribution is 7.89. The van der Waals surface area contributed by atoms with Crippen LogP contribution in [0, 0.1) is 13.8 Å². The zero-order chi connectivity index (χ0) is 19.2. The molecule has 0 fully saturated rings. The Balaban J connectivity index is 2.05. The third kappa shape index (κ3) is 5.41. The molecule has 26 heavy (non-hydrogen) atoms. The van der Waals surface area contributed by atoms with Gasteiger partial charge in [0.2, 0.25) is 10.0 Å². The van der Waals surface area contributed by atoms with Crippen molar-refractivity contribution in [1.82, 2.24) is 4.72 Å². The van der Waals surface area contributed by atoms with Gasteiger partial charge in [0.25, 0.3) is 5.91 Å². The Labute approximate surface area is 155 Å². The molecule has 0 saturated carbocycles. The van der Waals surface area contributed by atoms with Crippen LogP contribution in [0.1, 0.15) is 47.7 Å². The first-order valence-corrected chi connectivity index (χ1v) is 10.3. The summed E-state index contributed by atoms with van der Waals surface area (Å²) in [5.74, 6) is -0.267. The molecule has 5 nitrogen and oxygen atoms in total. The van der Waals surface area contributed by atoms with E-state index in [4.69, 9.17) is 0 Å². The molecule has 0 aliphatic rings. The minimum Gasteiger partial charge on any atom is -0.322 e. The largest absolute Gasteiger partial charge is 0.322 e. The summed E-state index contributed by atoms with van der Waals surface area (Å²) < 4.78 is 27.0. The summed E-state index contributed by atoms with van der Waals surface area (Å²) in [6.07, 6.45) is 2.83. The molecule has 2 N–H and O–H groups in total. The van der Waals surface area contributed by atoms with Gasteiger partial charge >= 0.3 is 0 Å². The van der Waals surface area contributed by atoms with E-state index in [1.54, 1.807) is 0 Å². The van der Waals surface area contributed by atoms with E-state index in [0.717, 1.165) is 36.1 Å². The lowest BCUT2D eigenvalue weighted by molar-refractivity contribution is 0.102. The van der Waals surface area contributed by atoms with E-state index in [1.165, 1.54) is 24.3 Å². The van der Waals surface area contributed by atoms with Gasteiger partial charge in [-0.2, -0.15) is 0 Å². The maximum absolute atomic E-state index is 12.4. The van der Waals surface area contributed by atoms with E-state index in [-0.39, 0.29) is 10.8 Å². The molecule has 140 valence electrons. The molecule has 2 rings (SSSR count). The van der Waals surface area contributed by atoms with Gasteiger partial charge in [0, 0.05) is 17.8 Å². The van der Waals surface area contributed by atoms with Gasteiger partial charge in [-0.05, 0) is 56.2 Å². The van der Waals surface area contributed by atoms with E-state index in [1.807, 2.05) is 32.0 Å². The van der Waals surface area contributed by atoms with Crippen LogP contribution in [0.5, 0.6) is 0 Å². The third-order valence-corrected chi connectivity index (χ3v) is 5.61. The fourth-order valence-corrected chi connectivity index (χ4v) is 3.67. The highest BCUT2D eigenvalue weighted by Crippen LogP contribution is 2.18. The summed E-state index contributed by atoms with van der Waals surface area (Å²) in [6.45, 7) is 6.41. The van der Waals surface area contributed by atoms with Gasteiger partial charge in [-0.15, -0.1) is 0 Å². The lowest BCUT2D eigenvalue weighted by Gasteiger charge is -2.10. The second-order valence-corrected chi connectivity index (χ2v) is 8.17. The van der Waals surface area contributed by atoms with Crippen LogP contribution in [0.25, 0.3) is 0 Å². The molecular weight excluding hydrogens is 348 g/mol. The standard InChI is InChI=1S/C20H26N2O3S/c1-4-5-6-13-21-26(24,25)18-10-8-17(9-11-18)20(23)22-19-12-7-15(2)14-16(19)3/h7-12,14,21H,4-6,13H2,1-3H3,(H,22,23). The normalized spacial score (nSPS) is 11.3. The van der Waals surface area contributed by atoms with Crippen molar-refractivity contribution in [3.63, 3.8) is 0 Å². The molecule has 0 spiro atoms. The maximum Gasteiger partial charge on any atom is 0.255 e. The number of nitrogens with one attached hydrogen (secondary N) is 2. The van der Waals surface area contributed by atoms with Gasteiger partial charge in [0.05, 0.1) is 4.90 Å². The molecule has 0 aliphatic heterocycles. The fraction of sp³-hybridized carbons (Fsp3) is 0.350. The van der Waals surface area contributed by atoms with E-state index < -0.39 is 10.0 Å². The van der Waals surface area contributed by atoms with Crippen molar-refractivity contribution >= 4 is 21.6 Å². The number of rotatable bonds is 8. The average Bonchev–Trinajstić information content (AvgIpc) is 2.61. The fourth-order valence-electron chi connectivity index (χ4n) is 2.60. The Bertz CT molecular complexity index is 859. The highest BCUT2D eigenvalue weighted by atomic mass is 32.2. The van der Waals surface area contributed by atoms with Crippen molar-refractivity contribution in [2.24, 2.45) is 0 Å². The SMILES string of the molecule is CCCCCNS(=O)(=O)c1ccc(C(=O)Nc2ccc(C)cc2C)cc1. The summed E-state index contributed by atoms with van der Waals surface area (Å²) in [5.41, 5.74) is 3.26. The molecule has 0 aliphatic carbocycles. The maximum atomic E-state index is 12.4. The molecule has 0 radical (unpaired) electrons. The summed E-state index contributed by atoms with van der Waals surface area (Å²) in [7, 11) is -3.54. The second kappa shape index (κ2) is 8.96. The first kappa shape index (κ1) is 20.1. The number of carbonyl (C=O) groups is 1. The Morgan fingerprint density at radius 2 is 1.69 bits per heavy atom. The lowest BCUT2D eigenvalue weighted by atomic mass is 10.1. The smallest absolute Gasteiger partial charge is 0.255 e. The quantitative estimate of drug-likeness (QED) is 0.685. The monoisotopic (exact) mass is 374 g/mol. The van der Waals surface area contributed by atoms with Gasteiger partial charge in [0.15, 0.2) is 0 Å². The number of anilines is 1. The van der Waals surface area contributed by atoms with E-state index in [9.17, 15) is 13.2 Å². The Hall–Kier alpha value is -2.18. The number of benzene rings is 2. The van der Waals surface area contributed by atoms with E-state index >= 15 is 0 Å². The molecule has 2 aromatic carbocycles. The van der Waals surface area contributed by atoms with Gasteiger partial charge < -0.3 is 5.32 Å². The van der Waals surface area contributed by atoms with Crippen LogP contribution < -0.4 is 10.0 Å². The third-order valence-electron chi connectivity index (χ3n) is 4.13. The number of unbranched alkanes of at least 4 members (excludes halogenated alkanes) is 2. The lowest BCUT2D eigenvalue weighted by Crippen LogP contribution is -2.24. The van der Waals surface area contributed by atoms with Crippen molar-refractivity contribution < 1.29 is 13.2 Å². The topological polar surface area (TPSA) is 75.3 Å². The van der Waals surface area contributed by atoms with Gasteiger partial charge in [-0.3, -0.25) is 4.79 Å². The van der Waals surface area contributed by atoms with Gasteiger partial charge in [-0.25, -0.2) is 13.1 Å². The first-order valence-electron chi connectivity index (χ1n) is 8.82. The van der Waals surface area contributed by atoms with Crippen LogP contribution in [0.2, 0.25) is 0 Å². The predicted molar refractivity (Wildman–Crippen MR) is 105 cm³/mol. The first-order chi connectivity index (χ1) is 12.3. The molecular formula is C20H26N2O3S. The molecule has 1 amide bonds. The van der Waals surface area contributed by atoms with Gasteiger partial charge in [-0.1, -0.05) is 37.5 Å². The summed E-state index contributed by atoms with van der Waals surface area (Å²) in [5, 5.41) is 2.86. The predicted octanol–water partition coefficient (Wildman–Crippen LogP) is 4.02. The van der Waals surface area contributed by atoms with E-state index in [0.29, 0.717) is 12.1 Å². The molecule has 0 bridgehead atoms. The average molecular weight is 375 g/mol. The molecule has 2 aromatic rings. The molecule has 6 heteroatoms.